The standard InChI is InChI=1S/C61H35N7/c1-63-46-13-9-11-43(33-46)56-37-55(65-61(66-56)44-12-10-14-47(34-44)64-2)42-27-23-40(24-28-42)39-21-25-41(26-22-39)50-31-29-48(35-45(50)38-62)67-59-20-8-5-17-53(59)54-36-49(30-32-60(54)67)68-57-18-6-3-15-51(57)52-16-4-7-19-58(52)68/h3-37H. The van der Waals surface area contributed by atoms with Crippen LogP contribution in [0.15, 0.2) is 212 Å². The molecular weight excluding hydrogens is 831 g/mol. The molecule has 0 radical (unpaired) electrons. The summed E-state index contributed by atoms with van der Waals surface area (Å²) in [5.74, 6) is 0.501. The van der Waals surface area contributed by atoms with E-state index in [0.29, 0.717) is 28.5 Å². The van der Waals surface area contributed by atoms with E-state index in [9.17, 15) is 5.26 Å². The third kappa shape index (κ3) is 6.74. The van der Waals surface area contributed by atoms with Gasteiger partial charge in [-0.3, -0.25) is 0 Å². The van der Waals surface area contributed by atoms with Crippen LogP contribution >= 0.6 is 0 Å². The lowest BCUT2D eigenvalue weighted by molar-refractivity contribution is 1.16. The van der Waals surface area contributed by atoms with Gasteiger partial charge in [0.1, 0.15) is 0 Å². The second kappa shape index (κ2) is 16.3. The predicted molar refractivity (Wildman–Crippen MR) is 275 cm³/mol. The zero-order valence-corrected chi connectivity index (χ0v) is 36.3. The Morgan fingerprint density at radius 2 is 0.853 bits per heavy atom. The minimum absolute atomic E-state index is 0.501. The summed E-state index contributed by atoms with van der Waals surface area (Å²) in [7, 11) is 0. The van der Waals surface area contributed by atoms with Crippen LogP contribution < -0.4 is 0 Å². The highest BCUT2D eigenvalue weighted by Crippen LogP contribution is 2.39. The fraction of sp³-hybridized carbons (Fsp3) is 0. The van der Waals surface area contributed by atoms with Crippen molar-refractivity contribution < 1.29 is 0 Å². The van der Waals surface area contributed by atoms with Crippen LogP contribution in [0.1, 0.15) is 5.56 Å². The van der Waals surface area contributed by atoms with E-state index in [0.717, 1.165) is 77.8 Å². The van der Waals surface area contributed by atoms with Crippen LogP contribution in [0.3, 0.4) is 0 Å². The van der Waals surface area contributed by atoms with Gasteiger partial charge < -0.3 is 9.13 Å². The van der Waals surface area contributed by atoms with E-state index in [2.05, 4.69) is 177 Å². The molecule has 68 heavy (non-hydrogen) atoms. The van der Waals surface area contributed by atoms with E-state index in [1.807, 2.05) is 42.5 Å². The van der Waals surface area contributed by atoms with Gasteiger partial charge in [-0.2, -0.15) is 5.26 Å². The van der Waals surface area contributed by atoms with Crippen LogP contribution in [0.25, 0.3) is 121 Å². The maximum atomic E-state index is 10.6. The fourth-order valence-electron chi connectivity index (χ4n) is 9.59. The van der Waals surface area contributed by atoms with Crippen molar-refractivity contribution in [3.63, 3.8) is 0 Å². The Morgan fingerprint density at radius 1 is 0.382 bits per heavy atom. The lowest BCUT2D eigenvalue weighted by Crippen LogP contribution is -1.97. The van der Waals surface area contributed by atoms with E-state index in [1.54, 1.807) is 18.2 Å². The molecule has 9 aromatic carbocycles. The quantitative estimate of drug-likeness (QED) is 0.150. The molecule has 0 saturated heterocycles. The summed E-state index contributed by atoms with van der Waals surface area (Å²) in [6, 6.07) is 74.3. The van der Waals surface area contributed by atoms with Crippen molar-refractivity contribution in [1.82, 2.24) is 19.1 Å². The average molecular weight is 866 g/mol. The Kier molecular flexibility index (Phi) is 9.51. The minimum Gasteiger partial charge on any atom is -0.309 e. The summed E-state index contributed by atoms with van der Waals surface area (Å²) in [5, 5.41) is 15.4. The van der Waals surface area contributed by atoms with Crippen LogP contribution in [-0.2, 0) is 0 Å². The van der Waals surface area contributed by atoms with E-state index in [-0.39, 0.29) is 0 Å². The number of hydrogen-bond acceptors (Lipinski definition) is 3. The Hall–Kier alpha value is -9.87. The van der Waals surface area contributed by atoms with Gasteiger partial charge in [0.2, 0.25) is 0 Å². The highest BCUT2D eigenvalue weighted by atomic mass is 15.0. The SMILES string of the molecule is [C-]#[N+]c1cccc(-c2cc(-c3ccc(-c4ccc(-c5ccc(-n6c7ccccc7c7cc(-n8c9ccccc9c9ccccc98)ccc76)cc5C#N)cc4)cc3)nc(-c3cccc([N+]#[C-])c3)n2)c1. The van der Waals surface area contributed by atoms with Crippen molar-refractivity contribution in [1.29, 1.82) is 5.26 Å². The molecule has 7 nitrogen and oxygen atoms in total. The molecule has 0 N–H and O–H groups in total. The number of benzene rings is 9. The lowest BCUT2D eigenvalue weighted by atomic mass is 9.96. The van der Waals surface area contributed by atoms with Gasteiger partial charge in [-0.25, -0.2) is 19.7 Å². The summed E-state index contributed by atoms with van der Waals surface area (Å²) in [4.78, 5) is 17.1. The fourth-order valence-corrected chi connectivity index (χ4v) is 9.59. The predicted octanol–water partition coefficient (Wildman–Crippen LogP) is 16.0. The molecule has 0 spiro atoms. The first-order valence-electron chi connectivity index (χ1n) is 22.2. The lowest BCUT2D eigenvalue weighted by Gasteiger charge is -2.13. The molecule has 12 aromatic rings. The molecule has 12 rings (SSSR count). The number of nitrogens with zero attached hydrogens (tertiary/aromatic N) is 7. The van der Waals surface area contributed by atoms with Crippen LogP contribution in [0, 0.1) is 24.5 Å². The number of hydrogen-bond donors (Lipinski definition) is 0. The van der Waals surface area contributed by atoms with Crippen LogP contribution in [0.2, 0.25) is 0 Å². The first-order chi connectivity index (χ1) is 33.5. The molecule has 3 aromatic heterocycles. The van der Waals surface area contributed by atoms with Gasteiger partial charge in [-0.15, -0.1) is 0 Å². The highest BCUT2D eigenvalue weighted by molar-refractivity contribution is 6.12. The van der Waals surface area contributed by atoms with Gasteiger partial charge in [-0.05, 0) is 94.5 Å². The number of rotatable bonds is 7. The van der Waals surface area contributed by atoms with Crippen molar-refractivity contribution in [3.8, 4) is 73.6 Å². The molecule has 0 saturated carbocycles. The largest absolute Gasteiger partial charge is 0.309 e. The van der Waals surface area contributed by atoms with Crippen molar-refractivity contribution in [3.05, 3.63) is 241 Å². The van der Waals surface area contributed by atoms with E-state index in [4.69, 9.17) is 23.1 Å². The molecule has 0 bridgehead atoms. The van der Waals surface area contributed by atoms with E-state index < -0.39 is 0 Å². The second-order valence-corrected chi connectivity index (χ2v) is 16.7. The monoisotopic (exact) mass is 865 g/mol. The summed E-state index contributed by atoms with van der Waals surface area (Å²) in [6.07, 6.45) is 0. The minimum atomic E-state index is 0.501. The van der Waals surface area contributed by atoms with Gasteiger partial charge in [-0.1, -0.05) is 146 Å². The van der Waals surface area contributed by atoms with Crippen molar-refractivity contribution >= 4 is 55.0 Å². The molecule has 0 aliphatic rings. The molecular formula is C61H35N7. The first-order valence-corrected chi connectivity index (χ1v) is 22.2. The molecule has 3 heterocycles. The highest BCUT2D eigenvalue weighted by Gasteiger charge is 2.18. The molecule has 0 unspecified atom stereocenters. The maximum absolute atomic E-state index is 10.6. The van der Waals surface area contributed by atoms with Gasteiger partial charge >= 0.3 is 0 Å². The zero-order chi connectivity index (χ0) is 45.7. The Labute approximate surface area is 392 Å². The molecule has 0 atom stereocenters. The van der Waals surface area contributed by atoms with Gasteiger partial charge in [0.25, 0.3) is 0 Å². The smallest absolute Gasteiger partial charge is 0.187 e. The molecule has 0 amide bonds. The van der Waals surface area contributed by atoms with Crippen LogP contribution in [0.4, 0.5) is 11.4 Å². The summed E-state index contributed by atoms with van der Waals surface area (Å²) >= 11 is 0. The second-order valence-electron chi connectivity index (χ2n) is 16.7. The third-order valence-electron chi connectivity index (χ3n) is 12.8. The van der Waals surface area contributed by atoms with Crippen LogP contribution in [0.5, 0.6) is 0 Å². The number of aromatic nitrogens is 4. The van der Waals surface area contributed by atoms with E-state index >= 15 is 0 Å². The molecule has 0 aliphatic carbocycles. The number of para-hydroxylation sites is 3. The van der Waals surface area contributed by atoms with Crippen LogP contribution in [-0.4, -0.2) is 19.1 Å². The third-order valence-corrected chi connectivity index (χ3v) is 12.8. The number of fused-ring (bicyclic) bond motifs is 6. The topological polar surface area (TPSA) is 68.2 Å². The van der Waals surface area contributed by atoms with Crippen molar-refractivity contribution in [2.75, 3.05) is 0 Å². The maximum Gasteiger partial charge on any atom is 0.187 e. The van der Waals surface area contributed by atoms with E-state index in [1.165, 1.54) is 21.8 Å². The summed E-state index contributed by atoms with van der Waals surface area (Å²) < 4.78 is 4.62. The number of nitriles is 1. The Bertz CT molecular complexity index is 3990. The van der Waals surface area contributed by atoms with Gasteiger partial charge in [0.15, 0.2) is 17.2 Å². The molecule has 0 aliphatic heterocycles. The molecule has 314 valence electrons. The van der Waals surface area contributed by atoms with Gasteiger partial charge in [0, 0.05) is 44.0 Å². The zero-order valence-electron chi connectivity index (χ0n) is 36.3. The Balaban J connectivity index is 0.862. The van der Waals surface area contributed by atoms with Crippen molar-refractivity contribution in [2.24, 2.45) is 0 Å². The summed E-state index contributed by atoms with van der Waals surface area (Å²) in [6.45, 7) is 15.1. The first kappa shape index (κ1) is 39.7. The Morgan fingerprint density at radius 3 is 1.44 bits per heavy atom. The van der Waals surface area contributed by atoms with Crippen molar-refractivity contribution in [2.45, 2.75) is 0 Å². The molecule has 7 heteroatoms. The average Bonchev–Trinajstić information content (AvgIpc) is 3.93. The normalized spacial score (nSPS) is 11.2. The summed E-state index contributed by atoms with van der Waals surface area (Å²) in [5.41, 5.74) is 15.9. The molecule has 0 fully saturated rings. The van der Waals surface area contributed by atoms with Gasteiger partial charge in [0.05, 0.1) is 58.2 Å².